The maximum Gasteiger partial charge on any atom is 0.0847 e. The van der Waals surface area contributed by atoms with E-state index in [0.717, 1.165) is 11.6 Å². The average molecular weight is 184 g/mol. The van der Waals surface area contributed by atoms with Gasteiger partial charge in [-0.3, -0.25) is 9.98 Å². The van der Waals surface area contributed by atoms with Crippen LogP contribution in [-0.2, 0) is 0 Å². The highest BCUT2D eigenvalue weighted by Gasteiger charge is 2.44. The lowest BCUT2D eigenvalue weighted by atomic mass is 10.0. The molecule has 0 bridgehead atoms. The van der Waals surface area contributed by atoms with E-state index in [2.05, 4.69) is 16.9 Å². The molecule has 2 atom stereocenters. The van der Waals surface area contributed by atoms with Gasteiger partial charge in [-0.25, -0.2) is 0 Å². The van der Waals surface area contributed by atoms with Crippen molar-refractivity contribution in [2.75, 3.05) is 0 Å². The van der Waals surface area contributed by atoms with Crippen LogP contribution in [0.15, 0.2) is 41.2 Å². The summed E-state index contributed by atoms with van der Waals surface area (Å²) in [6.45, 7) is 2.17. The number of nitrogens with zero attached hydrogens (tertiary/aromatic N) is 2. The number of allylic oxidation sites excluding steroid dienone is 1. The predicted octanol–water partition coefficient (Wildman–Crippen LogP) is 2.42. The fourth-order valence-electron chi connectivity index (χ4n) is 2.13. The molecule has 0 radical (unpaired) electrons. The number of pyridine rings is 1. The quantitative estimate of drug-likeness (QED) is 0.658. The monoisotopic (exact) mass is 184 g/mol. The molecule has 70 valence electrons. The first-order valence-corrected chi connectivity index (χ1v) is 5.02. The van der Waals surface area contributed by atoms with Crippen molar-refractivity contribution in [3.63, 3.8) is 0 Å². The zero-order valence-corrected chi connectivity index (χ0v) is 8.14. The molecule has 1 aliphatic carbocycles. The minimum absolute atomic E-state index is 0.648. The molecule has 1 fully saturated rings. The zero-order chi connectivity index (χ0) is 9.54. The predicted molar refractivity (Wildman–Crippen MR) is 56.1 cm³/mol. The summed E-state index contributed by atoms with van der Waals surface area (Å²) in [6, 6.07) is 6.01. The minimum atomic E-state index is 0.648. The van der Waals surface area contributed by atoms with Crippen LogP contribution >= 0.6 is 0 Å². The Labute approximate surface area is 83.4 Å². The Kier molecular flexibility index (Phi) is 1.57. The van der Waals surface area contributed by atoms with Gasteiger partial charge in [0.15, 0.2) is 0 Å². The lowest BCUT2D eigenvalue weighted by Crippen LogP contribution is -2.10. The fourth-order valence-corrected chi connectivity index (χ4v) is 2.13. The normalized spacial score (nSPS) is 28.9. The Balaban J connectivity index is 2.01. The summed E-state index contributed by atoms with van der Waals surface area (Å²) in [4.78, 5) is 8.84. The van der Waals surface area contributed by atoms with Crippen LogP contribution in [0.5, 0.6) is 0 Å². The minimum Gasteiger partial charge on any atom is -0.259 e. The maximum atomic E-state index is 4.50. The molecule has 2 nitrogen and oxygen atoms in total. The lowest BCUT2D eigenvalue weighted by Gasteiger charge is -2.09. The van der Waals surface area contributed by atoms with Gasteiger partial charge in [0.25, 0.3) is 0 Å². The SMILES string of the molecule is CC1=CN=C(c2ccccn2)C2CC12. The fraction of sp³-hybridized carbons (Fsp3) is 0.333. The first kappa shape index (κ1) is 7.92. The lowest BCUT2D eigenvalue weighted by molar-refractivity contribution is 0.919. The molecule has 0 spiro atoms. The van der Waals surface area contributed by atoms with Crippen molar-refractivity contribution in [2.24, 2.45) is 16.8 Å². The van der Waals surface area contributed by atoms with Gasteiger partial charge in [-0.2, -0.15) is 0 Å². The van der Waals surface area contributed by atoms with E-state index in [1.807, 2.05) is 30.6 Å². The van der Waals surface area contributed by atoms with Crippen molar-refractivity contribution in [1.29, 1.82) is 0 Å². The smallest absolute Gasteiger partial charge is 0.0847 e. The third kappa shape index (κ3) is 1.10. The molecule has 0 amide bonds. The van der Waals surface area contributed by atoms with Gasteiger partial charge in [-0.15, -0.1) is 0 Å². The van der Waals surface area contributed by atoms with E-state index in [-0.39, 0.29) is 0 Å². The van der Waals surface area contributed by atoms with Gasteiger partial charge < -0.3 is 0 Å². The first-order chi connectivity index (χ1) is 6.86. The van der Waals surface area contributed by atoms with E-state index in [1.165, 1.54) is 17.7 Å². The third-order valence-corrected chi connectivity index (χ3v) is 3.06. The topological polar surface area (TPSA) is 25.2 Å². The molecule has 2 heterocycles. The second kappa shape index (κ2) is 2.77. The second-order valence-electron chi connectivity index (χ2n) is 4.05. The van der Waals surface area contributed by atoms with Crippen LogP contribution in [0.3, 0.4) is 0 Å². The molecule has 2 heteroatoms. The van der Waals surface area contributed by atoms with Crippen molar-refractivity contribution in [3.8, 4) is 0 Å². The molecule has 3 rings (SSSR count). The Morgan fingerprint density at radius 2 is 2.21 bits per heavy atom. The Bertz CT molecular complexity index is 417. The van der Waals surface area contributed by atoms with Crippen LogP contribution in [0.25, 0.3) is 0 Å². The second-order valence-corrected chi connectivity index (χ2v) is 4.05. The van der Waals surface area contributed by atoms with Crippen LogP contribution in [0.1, 0.15) is 19.0 Å². The van der Waals surface area contributed by atoms with Crippen molar-refractivity contribution < 1.29 is 0 Å². The van der Waals surface area contributed by atoms with Gasteiger partial charge >= 0.3 is 0 Å². The van der Waals surface area contributed by atoms with E-state index < -0.39 is 0 Å². The van der Waals surface area contributed by atoms with Crippen LogP contribution < -0.4 is 0 Å². The van der Waals surface area contributed by atoms with Crippen molar-refractivity contribution in [3.05, 3.63) is 41.9 Å². The summed E-state index contributed by atoms with van der Waals surface area (Å²) >= 11 is 0. The van der Waals surface area contributed by atoms with Crippen LogP contribution in [0.2, 0.25) is 0 Å². The highest BCUT2D eigenvalue weighted by atomic mass is 14.8. The summed E-state index contributed by atoms with van der Waals surface area (Å²) in [5.74, 6) is 1.40. The third-order valence-electron chi connectivity index (χ3n) is 3.06. The number of aromatic nitrogens is 1. The number of hydrogen-bond acceptors (Lipinski definition) is 2. The number of fused-ring (bicyclic) bond motifs is 1. The molecular formula is C12H12N2. The first-order valence-electron chi connectivity index (χ1n) is 5.02. The summed E-state index contributed by atoms with van der Waals surface area (Å²) in [5.41, 5.74) is 3.65. The molecule has 0 N–H and O–H groups in total. The van der Waals surface area contributed by atoms with E-state index in [1.54, 1.807) is 0 Å². The van der Waals surface area contributed by atoms with E-state index >= 15 is 0 Å². The van der Waals surface area contributed by atoms with Crippen LogP contribution in [0.4, 0.5) is 0 Å². The molecule has 1 saturated carbocycles. The van der Waals surface area contributed by atoms with Crippen molar-refractivity contribution in [1.82, 2.24) is 4.98 Å². The van der Waals surface area contributed by atoms with Gasteiger partial charge in [-0.1, -0.05) is 11.6 Å². The standard InChI is InChI=1S/C12H12N2/c1-8-7-14-12(10-6-9(8)10)11-4-2-3-5-13-11/h2-5,7,9-10H,6H2,1H3. The highest BCUT2D eigenvalue weighted by molar-refractivity contribution is 6.03. The van der Waals surface area contributed by atoms with Crippen molar-refractivity contribution in [2.45, 2.75) is 13.3 Å². The Hall–Kier alpha value is -1.44. The average Bonchev–Trinajstić information content (AvgIpc) is 3.00. The molecule has 0 saturated heterocycles. The zero-order valence-electron chi connectivity index (χ0n) is 8.14. The van der Waals surface area contributed by atoms with Crippen LogP contribution in [-0.4, -0.2) is 10.7 Å². The molecule has 1 aromatic rings. The van der Waals surface area contributed by atoms with Crippen molar-refractivity contribution >= 4 is 5.71 Å². The van der Waals surface area contributed by atoms with Gasteiger partial charge in [0.1, 0.15) is 0 Å². The van der Waals surface area contributed by atoms with Gasteiger partial charge in [0, 0.05) is 18.3 Å². The van der Waals surface area contributed by atoms with E-state index in [4.69, 9.17) is 0 Å². The summed E-state index contributed by atoms with van der Waals surface area (Å²) in [5, 5.41) is 0. The van der Waals surface area contributed by atoms with E-state index in [9.17, 15) is 0 Å². The molecule has 2 aliphatic rings. The molecule has 2 unspecified atom stereocenters. The maximum absolute atomic E-state index is 4.50. The largest absolute Gasteiger partial charge is 0.259 e. The Morgan fingerprint density at radius 3 is 3.00 bits per heavy atom. The molecule has 0 aromatic carbocycles. The van der Waals surface area contributed by atoms with Crippen LogP contribution in [0, 0.1) is 11.8 Å². The van der Waals surface area contributed by atoms with Gasteiger partial charge in [0.05, 0.1) is 11.4 Å². The van der Waals surface area contributed by atoms with Gasteiger partial charge in [0.2, 0.25) is 0 Å². The number of hydrogen-bond donors (Lipinski definition) is 0. The molecular weight excluding hydrogens is 172 g/mol. The summed E-state index contributed by atoms with van der Waals surface area (Å²) < 4.78 is 0. The summed E-state index contributed by atoms with van der Waals surface area (Å²) in [6.07, 6.45) is 5.09. The molecule has 14 heavy (non-hydrogen) atoms. The van der Waals surface area contributed by atoms with E-state index in [0.29, 0.717) is 5.92 Å². The highest BCUT2D eigenvalue weighted by Crippen LogP contribution is 2.48. The molecule has 1 aliphatic heterocycles. The number of aliphatic imine (C=N–C) groups is 1. The van der Waals surface area contributed by atoms with Gasteiger partial charge in [-0.05, 0) is 31.4 Å². The Morgan fingerprint density at radius 1 is 1.29 bits per heavy atom. The summed E-state index contributed by atoms with van der Waals surface area (Å²) in [7, 11) is 0. The molecule has 1 aromatic heterocycles. The number of rotatable bonds is 1.